The molecule has 15 heavy (non-hydrogen) atoms. The Kier molecular flexibility index (Phi) is 2.24. The summed E-state index contributed by atoms with van der Waals surface area (Å²) in [6.07, 6.45) is 2.52. The maximum atomic E-state index is 5.97. The van der Waals surface area contributed by atoms with Crippen molar-refractivity contribution in [2.24, 2.45) is 5.84 Å². The van der Waals surface area contributed by atoms with Crippen LogP contribution in [0.4, 0.5) is 0 Å². The normalized spacial score (nSPS) is 30.7. The third-order valence-corrected chi connectivity index (χ3v) is 3.47. The highest BCUT2D eigenvalue weighted by Crippen LogP contribution is 2.37. The molecule has 0 saturated carbocycles. The number of hydrazine groups is 1. The van der Waals surface area contributed by atoms with Crippen LogP contribution in [0.15, 0.2) is 24.3 Å². The van der Waals surface area contributed by atoms with Crippen LogP contribution in [-0.2, 0) is 11.3 Å². The molecule has 1 aromatic rings. The lowest BCUT2D eigenvalue weighted by molar-refractivity contribution is 0.00728. The van der Waals surface area contributed by atoms with Gasteiger partial charge in [-0.2, -0.15) is 0 Å². The van der Waals surface area contributed by atoms with Gasteiger partial charge in [0, 0.05) is 6.54 Å². The zero-order chi connectivity index (χ0) is 10.3. The second-order valence-corrected chi connectivity index (χ2v) is 4.38. The lowest BCUT2D eigenvalue weighted by atomic mass is 9.99. The van der Waals surface area contributed by atoms with Crippen LogP contribution >= 0.6 is 0 Å². The summed E-state index contributed by atoms with van der Waals surface area (Å²) < 4.78 is 5.86. The van der Waals surface area contributed by atoms with E-state index in [1.807, 2.05) is 5.01 Å². The van der Waals surface area contributed by atoms with Crippen molar-refractivity contribution >= 4 is 0 Å². The van der Waals surface area contributed by atoms with E-state index < -0.39 is 0 Å². The number of ether oxygens (including phenoxy) is 1. The molecule has 2 atom stereocenters. The summed E-state index contributed by atoms with van der Waals surface area (Å²) in [4.78, 5) is 0. The maximum absolute atomic E-state index is 5.97. The van der Waals surface area contributed by atoms with Gasteiger partial charge in [-0.1, -0.05) is 24.3 Å². The molecule has 0 radical (unpaired) electrons. The van der Waals surface area contributed by atoms with Crippen LogP contribution in [0, 0.1) is 0 Å². The third-order valence-electron chi connectivity index (χ3n) is 3.47. The SMILES string of the molecule is NN1CCC[C@@H]1[C@H]1OCc2ccccc21. The first-order chi connectivity index (χ1) is 7.36. The summed E-state index contributed by atoms with van der Waals surface area (Å²) >= 11 is 0. The molecule has 0 aliphatic carbocycles. The van der Waals surface area contributed by atoms with Gasteiger partial charge in [-0.05, 0) is 24.0 Å². The van der Waals surface area contributed by atoms with Gasteiger partial charge in [-0.15, -0.1) is 0 Å². The molecule has 0 amide bonds. The molecule has 0 aromatic heterocycles. The lowest BCUT2D eigenvalue weighted by Gasteiger charge is -2.25. The van der Waals surface area contributed by atoms with E-state index in [1.165, 1.54) is 17.5 Å². The number of fused-ring (bicyclic) bond motifs is 1. The molecule has 0 bridgehead atoms. The van der Waals surface area contributed by atoms with Gasteiger partial charge in [0.1, 0.15) is 6.10 Å². The second kappa shape index (κ2) is 3.59. The van der Waals surface area contributed by atoms with Crippen LogP contribution in [0.5, 0.6) is 0 Å². The third kappa shape index (κ3) is 1.47. The van der Waals surface area contributed by atoms with Crippen LogP contribution in [-0.4, -0.2) is 17.6 Å². The van der Waals surface area contributed by atoms with Gasteiger partial charge in [0.15, 0.2) is 0 Å². The van der Waals surface area contributed by atoms with Gasteiger partial charge in [-0.25, -0.2) is 5.01 Å². The Labute approximate surface area is 89.8 Å². The van der Waals surface area contributed by atoms with Crippen molar-refractivity contribution < 1.29 is 4.74 Å². The predicted molar refractivity (Wildman–Crippen MR) is 57.9 cm³/mol. The van der Waals surface area contributed by atoms with Crippen LogP contribution in [0.3, 0.4) is 0 Å². The molecule has 0 unspecified atom stereocenters. The van der Waals surface area contributed by atoms with Crippen molar-refractivity contribution in [3.05, 3.63) is 35.4 Å². The van der Waals surface area contributed by atoms with Crippen LogP contribution in [0.25, 0.3) is 0 Å². The Bertz CT molecular complexity index is 366. The number of benzene rings is 1. The Hall–Kier alpha value is -0.900. The van der Waals surface area contributed by atoms with Gasteiger partial charge in [0.05, 0.1) is 12.6 Å². The van der Waals surface area contributed by atoms with Gasteiger partial charge in [0.25, 0.3) is 0 Å². The van der Waals surface area contributed by atoms with E-state index in [2.05, 4.69) is 24.3 Å². The van der Waals surface area contributed by atoms with Crippen LogP contribution < -0.4 is 5.84 Å². The summed E-state index contributed by atoms with van der Waals surface area (Å²) in [5.41, 5.74) is 2.66. The van der Waals surface area contributed by atoms with E-state index in [0.717, 1.165) is 19.6 Å². The number of rotatable bonds is 1. The summed E-state index contributed by atoms with van der Waals surface area (Å²) in [5, 5.41) is 1.94. The summed E-state index contributed by atoms with van der Waals surface area (Å²) in [5.74, 6) is 5.97. The van der Waals surface area contributed by atoms with Crippen molar-refractivity contribution in [2.75, 3.05) is 6.54 Å². The smallest absolute Gasteiger partial charge is 0.100 e. The second-order valence-electron chi connectivity index (χ2n) is 4.38. The molecule has 2 heterocycles. The molecule has 2 aliphatic heterocycles. The van der Waals surface area contributed by atoms with Crippen molar-refractivity contribution in [3.8, 4) is 0 Å². The Morgan fingerprint density at radius 2 is 2.20 bits per heavy atom. The molecular formula is C12H16N2O. The van der Waals surface area contributed by atoms with E-state index in [4.69, 9.17) is 10.6 Å². The molecule has 1 saturated heterocycles. The highest BCUT2D eigenvalue weighted by Gasteiger charge is 2.35. The average molecular weight is 204 g/mol. The first-order valence-corrected chi connectivity index (χ1v) is 5.57. The molecule has 3 heteroatoms. The largest absolute Gasteiger partial charge is 0.367 e. The number of nitrogens with zero attached hydrogens (tertiary/aromatic N) is 1. The fourth-order valence-corrected chi connectivity index (χ4v) is 2.67. The van der Waals surface area contributed by atoms with Crippen LogP contribution in [0.2, 0.25) is 0 Å². The first kappa shape index (κ1) is 9.33. The highest BCUT2D eigenvalue weighted by atomic mass is 16.5. The first-order valence-electron chi connectivity index (χ1n) is 5.57. The number of hydrogen-bond acceptors (Lipinski definition) is 3. The minimum absolute atomic E-state index is 0.189. The van der Waals surface area contributed by atoms with Gasteiger partial charge < -0.3 is 4.74 Å². The molecule has 1 fully saturated rings. The maximum Gasteiger partial charge on any atom is 0.100 e. The summed E-state index contributed by atoms with van der Waals surface area (Å²) in [6.45, 7) is 1.73. The minimum atomic E-state index is 0.189. The molecule has 1 aromatic carbocycles. The van der Waals surface area contributed by atoms with Crippen molar-refractivity contribution in [1.29, 1.82) is 0 Å². The highest BCUT2D eigenvalue weighted by molar-refractivity contribution is 5.32. The molecule has 2 aliphatic rings. The van der Waals surface area contributed by atoms with E-state index >= 15 is 0 Å². The fraction of sp³-hybridized carbons (Fsp3) is 0.500. The average Bonchev–Trinajstić information content (AvgIpc) is 2.83. The van der Waals surface area contributed by atoms with Gasteiger partial charge in [0.2, 0.25) is 0 Å². The Balaban J connectivity index is 1.90. The predicted octanol–water partition coefficient (Wildman–Crippen LogP) is 1.60. The van der Waals surface area contributed by atoms with Gasteiger partial charge >= 0.3 is 0 Å². The number of hydrogen-bond donors (Lipinski definition) is 1. The van der Waals surface area contributed by atoms with Gasteiger partial charge in [-0.3, -0.25) is 5.84 Å². The van der Waals surface area contributed by atoms with Crippen LogP contribution in [0.1, 0.15) is 30.1 Å². The Morgan fingerprint density at radius 1 is 1.33 bits per heavy atom. The standard InChI is InChI=1S/C12H16N2O/c13-14-7-3-6-11(14)12-10-5-2-1-4-9(10)8-15-12/h1-2,4-5,11-12H,3,6-8,13H2/t11-,12+/m1/s1. The molecule has 0 spiro atoms. The number of nitrogens with two attached hydrogens (primary N) is 1. The zero-order valence-electron chi connectivity index (χ0n) is 8.73. The van der Waals surface area contributed by atoms with E-state index in [9.17, 15) is 0 Å². The molecule has 3 nitrogen and oxygen atoms in total. The monoisotopic (exact) mass is 204 g/mol. The van der Waals surface area contributed by atoms with Crippen molar-refractivity contribution in [3.63, 3.8) is 0 Å². The summed E-state index contributed by atoms with van der Waals surface area (Å²) in [6, 6.07) is 8.83. The fourth-order valence-electron chi connectivity index (χ4n) is 2.67. The molecular weight excluding hydrogens is 188 g/mol. The van der Waals surface area contributed by atoms with Crippen molar-refractivity contribution in [1.82, 2.24) is 5.01 Å². The Morgan fingerprint density at radius 3 is 3.00 bits per heavy atom. The molecule has 3 rings (SSSR count). The van der Waals surface area contributed by atoms with E-state index in [0.29, 0.717) is 6.04 Å². The van der Waals surface area contributed by atoms with E-state index in [-0.39, 0.29) is 6.10 Å². The zero-order valence-corrected chi connectivity index (χ0v) is 8.73. The quantitative estimate of drug-likeness (QED) is 0.706. The minimum Gasteiger partial charge on any atom is -0.367 e. The molecule has 80 valence electrons. The lowest BCUT2D eigenvalue weighted by Crippen LogP contribution is -2.39. The summed E-state index contributed by atoms with van der Waals surface area (Å²) in [7, 11) is 0. The topological polar surface area (TPSA) is 38.5 Å². The van der Waals surface area contributed by atoms with E-state index in [1.54, 1.807) is 0 Å². The van der Waals surface area contributed by atoms with Crippen molar-refractivity contribution in [2.45, 2.75) is 31.6 Å². The molecule has 2 N–H and O–H groups in total.